The highest BCUT2D eigenvalue weighted by atomic mass is 16.3. The van der Waals surface area contributed by atoms with Crippen molar-refractivity contribution in [3.05, 3.63) is 144 Å². The van der Waals surface area contributed by atoms with Gasteiger partial charge in [0, 0.05) is 16.2 Å². The summed E-state index contributed by atoms with van der Waals surface area (Å²) in [5.74, 6) is 0. The summed E-state index contributed by atoms with van der Waals surface area (Å²) in [4.78, 5) is 0. The number of fused-ring (bicyclic) bond motifs is 8. The Morgan fingerprint density at radius 3 is 1.74 bits per heavy atom. The predicted molar refractivity (Wildman–Crippen MR) is 177 cm³/mol. The molecule has 198 valence electrons. The van der Waals surface area contributed by atoms with Gasteiger partial charge in [-0.1, -0.05) is 129 Å². The van der Waals surface area contributed by atoms with Gasteiger partial charge in [-0.05, 0) is 84.2 Å². The molecule has 0 saturated carbocycles. The normalized spacial score (nSPS) is 21.0. The third-order valence-corrected chi connectivity index (χ3v) is 7.82. The fraction of sp³-hybridized carbons (Fsp3) is 0.0732. The molecule has 0 N–H and O–H groups in total. The Kier molecular flexibility index (Phi) is 2.13. The standard InChI is InChI=1S/C41H28O/c1-41(2)34-19-9-7-17-31(34)40-32(18-11-20-35(40)41)39-29-15-5-3-13-27(29)38(28-14-4-6-16-30(28)39)25-22-23-37-33(24-25)26-12-8-10-21-36(26)42-37/h3-24H,1-2H3/i3D,4D,5D,6D,7D,8D,9D,10D,11D,12D,13D,14D,15D,16D,17D,18D,19D,20D,21D,22D,23D,24D. The molecule has 0 amide bonds. The summed E-state index contributed by atoms with van der Waals surface area (Å²) < 4.78 is 204. The van der Waals surface area contributed by atoms with Crippen LogP contribution in [0.2, 0.25) is 0 Å². The van der Waals surface area contributed by atoms with Crippen LogP contribution in [0.25, 0.3) is 76.9 Å². The minimum Gasteiger partial charge on any atom is -0.456 e. The quantitative estimate of drug-likeness (QED) is 0.192. The average Bonchev–Trinajstić information content (AvgIpc) is 3.78. The number of para-hydroxylation sites is 1. The van der Waals surface area contributed by atoms with Crippen LogP contribution in [0.5, 0.6) is 0 Å². The maximum Gasteiger partial charge on any atom is 0.135 e. The summed E-state index contributed by atoms with van der Waals surface area (Å²) in [5.41, 5.74) is -5.18. The van der Waals surface area contributed by atoms with Gasteiger partial charge in [-0.15, -0.1) is 0 Å². The van der Waals surface area contributed by atoms with E-state index in [-0.39, 0.29) is 27.6 Å². The second-order valence-electron chi connectivity index (χ2n) is 10.4. The third kappa shape index (κ3) is 3.08. The fourth-order valence-electron chi connectivity index (χ4n) is 5.96. The van der Waals surface area contributed by atoms with Gasteiger partial charge in [0.05, 0.1) is 30.2 Å². The molecule has 0 radical (unpaired) electrons. The molecule has 0 bridgehead atoms. The molecule has 9 rings (SSSR count). The van der Waals surface area contributed by atoms with E-state index in [0.717, 1.165) is 0 Å². The van der Waals surface area contributed by atoms with E-state index < -0.39 is 199 Å². The topological polar surface area (TPSA) is 13.1 Å². The van der Waals surface area contributed by atoms with E-state index in [0.29, 0.717) is 0 Å². The molecule has 0 saturated heterocycles. The molecule has 0 spiro atoms. The number of benzene rings is 7. The molecule has 0 aliphatic heterocycles. The summed E-state index contributed by atoms with van der Waals surface area (Å²) in [6, 6.07) is -16.8. The zero-order chi connectivity index (χ0) is 47.1. The first-order chi connectivity index (χ1) is 29.8. The monoisotopic (exact) mass is 558 g/mol. The molecule has 0 unspecified atom stereocenters. The average molecular weight is 559 g/mol. The first-order valence-electron chi connectivity index (χ1n) is 23.9. The molecule has 1 aliphatic rings. The lowest BCUT2D eigenvalue weighted by Gasteiger charge is -2.22. The summed E-state index contributed by atoms with van der Waals surface area (Å²) in [7, 11) is 0. The summed E-state index contributed by atoms with van der Waals surface area (Å²) >= 11 is 0. The summed E-state index contributed by atoms with van der Waals surface area (Å²) in [5, 5.41) is -3.08. The maximum absolute atomic E-state index is 9.66. The van der Waals surface area contributed by atoms with Crippen LogP contribution < -0.4 is 0 Å². The molecule has 42 heavy (non-hydrogen) atoms. The second-order valence-corrected chi connectivity index (χ2v) is 10.4. The van der Waals surface area contributed by atoms with Crippen LogP contribution in [0.15, 0.2) is 137 Å². The Morgan fingerprint density at radius 2 is 1.00 bits per heavy atom. The highest BCUT2D eigenvalue weighted by Gasteiger charge is 2.37. The highest BCUT2D eigenvalue weighted by molar-refractivity contribution is 6.23. The molecule has 8 aromatic rings. The molecule has 1 heteroatoms. The maximum atomic E-state index is 9.66. The molecule has 1 nitrogen and oxygen atoms in total. The Hall–Kier alpha value is -5.14. The molecule has 7 aromatic carbocycles. The number of rotatable bonds is 2. The van der Waals surface area contributed by atoms with Gasteiger partial charge in [0.15, 0.2) is 0 Å². The van der Waals surface area contributed by atoms with Crippen LogP contribution in [0.1, 0.15) is 55.1 Å². The van der Waals surface area contributed by atoms with Crippen molar-refractivity contribution in [2.24, 2.45) is 0 Å². The third-order valence-electron chi connectivity index (χ3n) is 7.82. The SMILES string of the molecule is [2H]c1c([2H])c([2H])c2c(c1[2H])-c1c(-c3c4c([2H])c([2H])c([2H])c([2H])c4c(-c4c([2H])c([2H])c5oc6c([2H])c([2H])c([2H])c([2H])c6c5c4[2H])c4c([2H])c([2H])c([2H])c([2H])c34)c([2H])c([2H])c([2H])c1C2(C)C. The minimum absolute atomic E-state index is 0.0263. The van der Waals surface area contributed by atoms with Crippen LogP contribution >= 0.6 is 0 Å². The van der Waals surface area contributed by atoms with Crippen molar-refractivity contribution >= 4 is 43.5 Å². The lowest BCUT2D eigenvalue weighted by atomic mass is 9.80. The van der Waals surface area contributed by atoms with Crippen molar-refractivity contribution in [1.29, 1.82) is 0 Å². The lowest BCUT2D eigenvalue weighted by molar-refractivity contribution is 0.660. The van der Waals surface area contributed by atoms with Crippen LogP contribution in [0.4, 0.5) is 0 Å². The number of hydrogen-bond donors (Lipinski definition) is 0. The van der Waals surface area contributed by atoms with Gasteiger partial charge < -0.3 is 4.42 Å². The van der Waals surface area contributed by atoms with Crippen LogP contribution in [0, 0.1) is 0 Å². The van der Waals surface area contributed by atoms with E-state index >= 15 is 0 Å². The molecule has 1 aromatic heterocycles. The van der Waals surface area contributed by atoms with Crippen LogP contribution in [0.3, 0.4) is 0 Å². The zero-order valence-corrected chi connectivity index (χ0v) is 21.9. The van der Waals surface area contributed by atoms with Crippen molar-refractivity contribution in [2.75, 3.05) is 0 Å². The molecular formula is C41H28O. The molecule has 0 fully saturated rings. The van der Waals surface area contributed by atoms with Crippen molar-refractivity contribution in [3.63, 3.8) is 0 Å². The van der Waals surface area contributed by atoms with E-state index in [1.54, 1.807) is 13.8 Å². The smallest absolute Gasteiger partial charge is 0.135 e. The van der Waals surface area contributed by atoms with Gasteiger partial charge in [0.2, 0.25) is 0 Å². The molecule has 1 heterocycles. The lowest BCUT2D eigenvalue weighted by Crippen LogP contribution is -2.14. The van der Waals surface area contributed by atoms with Gasteiger partial charge in [-0.2, -0.15) is 0 Å². The van der Waals surface area contributed by atoms with Crippen molar-refractivity contribution in [3.8, 4) is 33.4 Å². The van der Waals surface area contributed by atoms with Crippen LogP contribution in [-0.4, -0.2) is 0 Å². The van der Waals surface area contributed by atoms with Gasteiger partial charge in [-0.3, -0.25) is 0 Å². The zero-order valence-electron chi connectivity index (χ0n) is 43.9. The second kappa shape index (κ2) is 8.44. The highest BCUT2D eigenvalue weighted by Crippen LogP contribution is 2.54. The van der Waals surface area contributed by atoms with E-state index in [4.69, 9.17) is 25.0 Å². The van der Waals surface area contributed by atoms with E-state index in [2.05, 4.69) is 0 Å². The number of hydrogen-bond acceptors (Lipinski definition) is 1. The van der Waals surface area contributed by atoms with Crippen molar-refractivity contribution < 1.29 is 34.6 Å². The van der Waals surface area contributed by atoms with Gasteiger partial charge in [-0.25, -0.2) is 0 Å². The van der Waals surface area contributed by atoms with E-state index in [1.807, 2.05) is 0 Å². The van der Waals surface area contributed by atoms with E-state index in [9.17, 15) is 9.60 Å². The van der Waals surface area contributed by atoms with Gasteiger partial charge in [0.1, 0.15) is 11.2 Å². The Labute approximate surface area is 275 Å². The first kappa shape index (κ1) is 10.6. The molecule has 1 aliphatic carbocycles. The molecular weight excluding hydrogens is 508 g/mol. The van der Waals surface area contributed by atoms with Crippen molar-refractivity contribution in [1.82, 2.24) is 0 Å². The van der Waals surface area contributed by atoms with Crippen LogP contribution in [-0.2, 0) is 5.41 Å². The molecule has 0 atom stereocenters. The summed E-state index contributed by atoms with van der Waals surface area (Å²) in [6.45, 7) is 3.08. The van der Waals surface area contributed by atoms with Crippen molar-refractivity contribution in [2.45, 2.75) is 19.3 Å². The largest absolute Gasteiger partial charge is 0.456 e. The summed E-state index contributed by atoms with van der Waals surface area (Å²) in [6.07, 6.45) is 0. The van der Waals surface area contributed by atoms with Gasteiger partial charge >= 0.3 is 0 Å². The Balaban J connectivity index is 1.65. The predicted octanol–water partition coefficient (Wildman–Crippen LogP) is 11.5. The fourth-order valence-corrected chi connectivity index (χ4v) is 5.96. The van der Waals surface area contributed by atoms with E-state index in [1.165, 1.54) is 0 Å². The Bertz CT molecular complexity index is 3520. The first-order valence-corrected chi connectivity index (χ1v) is 12.9. The minimum atomic E-state index is -1.48. The number of furan rings is 1. The Morgan fingerprint density at radius 1 is 0.452 bits per heavy atom. The van der Waals surface area contributed by atoms with Gasteiger partial charge in [0.25, 0.3) is 0 Å².